The van der Waals surface area contributed by atoms with Gasteiger partial charge in [-0.2, -0.15) is 12.6 Å². The maximum Gasteiger partial charge on any atom is 0.336 e. The highest BCUT2D eigenvalue weighted by molar-refractivity contribution is 7.80. The van der Waals surface area contributed by atoms with E-state index in [0.717, 1.165) is 58.4 Å². The summed E-state index contributed by atoms with van der Waals surface area (Å²) in [6.45, 7) is 5.39. The number of nitrogens with zero attached hydrogens (tertiary/aromatic N) is 2. The van der Waals surface area contributed by atoms with Crippen LogP contribution in [0, 0.1) is 18.8 Å². The SMILES string of the molecule is CCCc1nc2c(C)cc(CNC(=O)C(CS)CC3CCCC3)cc2n1Cc1ccc(-c2ccccc2C(=O)O)cc1. The fourth-order valence-electron chi connectivity index (χ4n) is 6.35. The Bertz CT molecular complexity index is 1550. The molecule has 4 aromatic rings. The molecule has 0 spiro atoms. The van der Waals surface area contributed by atoms with Gasteiger partial charge in [-0.1, -0.05) is 81.1 Å². The molecular weight excluding hydrogens is 542 g/mol. The topological polar surface area (TPSA) is 84.2 Å². The van der Waals surface area contributed by atoms with Crippen LogP contribution in [0.4, 0.5) is 0 Å². The van der Waals surface area contributed by atoms with Gasteiger partial charge in [-0.3, -0.25) is 4.79 Å². The number of hydrogen-bond donors (Lipinski definition) is 3. The van der Waals surface area contributed by atoms with Gasteiger partial charge in [0.05, 0.1) is 16.6 Å². The Hall–Kier alpha value is -3.58. The van der Waals surface area contributed by atoms with E-state index in [9.17, 15) is 14.7 Å². The highest BCUT2D eigenvalue weighted by Crippen LogP contribution is 2.31. The molecule has 220 valence electrons. The number of aromatic carboxylic acids is 1. The summed E-state index contributed by atoms with van der Waals surface area (Å²) in [5.74, 6) is 1.39. The lowest BCUT2D eigenvalue weighted by Gasteiger charge is -2.18. The minimum atomic E-state index is -0.930. The summed E-state index contributed by atoms with van der Waals surface area (Å²) in [4.78, 5) is 29.8. The number of hydrogen-bond acceptors (Lipinski definition) is 4. The summed E-state index contributed by atoms with van der Waals surface area (Å²) in [5, 5.41) is 12.8. The lowest BCUT2D eigenvalue weighted by Crippen LogP contribution is -2.32. The van der Waals surface area contributed by atoms with E-state index < -0.39 is 5.97 Å². The molecular formula is C35H41N3O3S. The molecule has 6 nitrogen and oxygen atoms in total. The fraction of sp³-hybridized carbons (Fsp3) is 0.400. The number of aryl methyl sites for hydroxylation is 2. The van der Waals surface area contributed by atoms with Crippen LogP contribution in [0.15, 0.2) is 60.7 Å². The lowest BCUT2D eigenvalue weighted by molar-refractivity contribution is -0.125. The van der Waals surface area contributed by atoms with Crippen LogP contribution in [-0.2, 0) is 24.3 Å². The van der Waals surface area contributed by atoms with Crippen molar-refractivity contribution in [2.75, 3.05) is 5.75 Å². The van der Waals surface area contributed by atoms with Crippen molar-refractivity contribution in [2.45, 2.75) is 71.9 Å². The Morgan fingerprint density at radius 1 is 1.07 bits per heavy atom. The van der Waals surface area contributed by atoms with E-state index in [0.29, 0.717) is 35.9 Å². The molecule has 1 fully saturated rings. The Morgan fingerprint density at radius 2 is 1.81 bits per heavy atom. The molecule has 2 N–H and O–H groups in total. The highest BCUT2D eigenvalue weighted by Gasteiger charge is 2.24. The smallest absolute Gasteiger partial charge is 0.336 e. The minimum absolute atomic E-state index is 0.0478. The van der Waals surface area contributed by atoms with E-state index in [-0.39, 0.29) is 11.8 Å². The third-order valence-corrected chi connectivity index (χ3v) is 9.01. The average Bonchev–Trinajstić information content (AvgIpc) is 3.63. The van der Waals surface area contributed by atoms with Crippen LogP contribution < -0.4 is 5.32 Å². The summed E-state index contributed by atoms with van der Waals surface area (Å²) < 4.78 is 2.29. The standard InChI is InChI=1S/C35H41N3O3S/c1-3-8-32-37-33-23(2)17-26(20-36-34(39)28(22-42)18-24-9-4-5-10-24)19-31(33)38(32)21-25-13-15-27(16-14-25)29-11-6-7-12-30(29)35(40)41/h6-7,11-17,19,24,28,42H,3-5,8-10,18,20-22H2,1-2H3,(H,36,39)(H,40,41). The molecule has 1 amide bonds. The van der Waals surface area contributed by atoms with Crippen molar-refractivity contribution in [3.05, 3.63) is 88.7 Å². The molecule has 1 aliphatic carbocycles. The Balaban J connectivity index is 1.37. The number of fused-ring (bicyclic) bond motifs is 1. The van der Waals surface area contributed by atoms with E-state index in [4.69, 9.17) is 4.98 Å². The first-order valence-electron chi connectivity index (χ1n) is 15.2. The van der Waals surface area contributed by atoms with Gasteiger partial charge < -0.3 is 15.0 Å². The molecule has 5 rings (SSSR count). The van der Waals surface area contributed by atoms with Gasteiger partial charge in [0, 0.05) is 31.2 Å². The fourth-order valence-corrected chi connectivity index (χ4v) is 6.66. The molecule has 42 heavy (non-hydrogen) atoms. The molecule has 1 atom stereocenters. The van der Waals surface area contributed by atoms with Crippen LogP contribution in [0.25, 0.3) is 22.2 Å². The first kappa shape index (κ1) is 29.9. The number of imidazole rings is 1. The third-order valence-electron chi connectivity index (χ3n) is 8.57. The molecule has 7 heteroatoms. The quantitative estimate of drug-likeness (QED) is 0.151. The van der Waals surface area contributed by atoms with Gasteiger partial charge >= 0.3 is 5.97 Å². The van der Waals surface area contributed by atoms with Crippen LogP contribution in [0.5, 0.6) is 0 Å². The monoisotopic (exact) mass is 583 g/mol. The first-order valence-corrected chi connectivity index (χ1v) is 15.8. The predicted octanol–water partition coefficient (Wildman–Crippen LogP) is 7.45. The Kier molecular flexibility index (Phi) is 9.68. The summed E-state index contributed by atoms with van der Waals surface area (Å²) in [6, 6.07) is 19.5. The normalized spacial score (nSPS) is 14.4. The van der Waals surface area contributed by atoms with E-state index >= 15 is 0 Å². The molecule has 0 saturated heterocycles. The zero-order valence-electron chi connectivity index (χ0n) is 24.6. The summed E-state index contributed by atoms with van der Waals surface area (Å²) in [6.07, 6.45) is 7.81. The minimum Gasteiger partial charge on any atom is -0.478 e. The first-order chi connectivity index (χ1) is 20.4. The van der Waals surface area contributed by atoms with Crippen LogP contribution >= 0.6 is 12.6 Å². The van der Waals surface area contributed by atoms with Gasteiger partial charge in [0.25, 0.3) is 0 Å². The second-order valence-corrected chi connectivity index (χ2v) is 12.0. The summed E-state index contributed by atoms with van der Waals surface area (Å²) in [5.41, 5.74) is 7.23. The molecule has 1 unspecified atom stereocenters. The maximum atomic E-state index is 13.1. The number of carbonyl (C=O) groups is 2. The number of carboxylic acid groups (broad SMARTS) is 1. The van der Waals surface area contributed by atoms with Gasteiger partial charge in [-0.25, -0.2) is 9.78 Å². The lowest BCUT2D eigenvalue weighted by atomic mass is 9.94. The Labute approximate surface area is 254 Å². The molecule has 0 aliphatic heterocycles. The molecule has 1 saturated carbocycles. The van der Waals surface area contributed by atoms with Crippen LogP contribution in [0.1, 0.15) is 78.3 Å². The molecule has 1 aromatic heterocycles. The second kappa shape index (κ2) is 13.6. The number of amides is 1. The van der Waals surface area contributed by atoms with E-state index in [1.165, 1.54) is 25.7 Å². The van der Waals surface area contributed by atoms with Crippen LogP contribution in [-0.4, -0.2) is 32.3 Å². The number of benzene rings is 3. The van der Waals surface area contributed by atoms with Crippen molar-refractivity contribution >= 4 is 35.5 Å². The van der Waals surface area contributed by atoms with Gasteiger partial charge in [-0.15, -0.1) is 0 Å². The molecule has 1 heterocycles. The van der Waals surface area contributed by atoms with Crippen LogP contribution in [0.2, 0.25) is 0 Å². The maximum absolute atomic E-state index is 13.1. The van der Waals surface area contributed by atoms with Gasteiger partial charge in [0.15, 0.2) is 0 Å². The molecule has 1 aliphatic rings. The number of carbonyl (C=O) groups excluding carboxylic acids is 1. The van der Waals surface area contributed by atoms with Crippen molar-refractivity contribution in [1.29, 1.82) is 0 Å². The largest absolute Gasteiger partial charge is 0.478 e. The number of aromatic nitrogens is 2. The van der Waals surface area contributed by atoms with Crippen LogP contribution in [0.3, 0.4) is 0 Å². The number of carboxylic acids is 1. The van der Waals surface area contributed by atoms with Gasteiger partial charge in [-0.05, 0) is 65.6 Å². The number of nitrogens with one attached hydrogen (secondary N) is 1. The van der Waals surface area contributed by atoms with Crippen molar-refractivity contribution < 1.29 is 14.7 Å². The zero-order chi connectivity index (χ0) is 29.6. The summed E-state index contributed by atoms with van der Waals surface area (Å²) in [7, 11) is 0. The molecule has 0 radical (unpaired) electrons. The number of thiol groups is 1. The highest BCUT2D eigenvalue weighted by atomic mass is 32.1. The molecule has 3 aromatic carbocycles. The average molecular weight is 584 g/mol. The predicted molar refractivity (Wildman–Crippen MR) is 172 cm³/mol. The van der Waals surface area contributed by atoms with E-state index in [1.54, 1.807) is 12.1 Å². The van der Waals surface area contributed by atoms with E-state index in [1.807, 2.05) is 24.3 Å². The van der Waals surface area contributed by atoms with E-state index in [2.05, 4.69) is 60.6 Å². The van der Waals surface area contributed by atoms with Gasteiger partial charge in [0.2, 0.25) is 5.91 Å². The third kappa shape index (κ3) is 6.73. The van der Waals surface area contributed by atoms with Crippen molar-refractivity contribution in [2.24, 2.45) is 11.8 Å². The Morgan fingerprint density at radius 3 is 2.50 bits per heavy atom. The zero-order valence-corrected chi connectivity index (χ0v) is 25.5. The van der Waals surface area contributed by atoms with Crippen molar-refractivity contribution in [3.8, 4) is 11.1 Å². The second-order valence-electron chi connectivity index (χ2n) is 11.7. The summed E-state index contributed by atoms with van der Waals surface area (Å²) >= 11 is 4.50. The number of rotatable bonds is 12. The van der Waals surface area contributed by atoms with Crippen molar-refractivity contribution in [1.82, 2.24) is 14.9 Å². The van der Waals surface area contributed by atoms with Crippen molar-refractivity contribution in [3.63, 3.8) is 0 Å². The van der Waals surface area contributed by atoms with Gasteiger partial charge in [0.1, 0.15) is 5.82 Å². The molecule has 0 bridgehead atoms.